The van der Waals surface area contributed by atoms with E-state index in [1.807, 2.05) is 12.1 Å². The van der Waals surface area contributed by atoms with Gasteiger partial charge in [-0.25, -0.2) is 4.98 Å². The van der Waals surface area contributed by atoms with Crippen LogP contribution in [0.1, 0.15) is 29.1 Å². The summed E-state index contributed by atoms with van der Waals surface area (Å²) in [5, 5.41) is 2.98. The second-order valence-electron chi connectivity index (χ2n) is 6.59. The summed E-state index contributed by atoms with van der Waals surface area (Å²) in [6.07, 6.45) is 8.56. The average molecular weight is 342 g/mol. The fraction of sp³-hybridized carbons (Fsp3) is 0.500. The van der Waals surface area contributed by atoms with Crippen molar-refractivity contribution < 1.29 is 13.9 Å². The van der Waals surface area contributed by atoms with Gasteiger partial charge in [-0.05, 0) is 25.0 Å². The second-order valence-corrected chi connectivity index (χ2v) is 6.59. The first-order valence-corrected chi connectivity index (χ1v) is 8.73. The fourth-order valence-electron chi connectivity index (χ4n) is 3.88. The van der Waals surface area contributed by atoms with Crippen LogP contribution in [0.4, 0.5) is 0 Å². The number of carbonyl (C=O) groups excluding carboxylic acids is 1. The van der Waals surface area contributed by atoms with Crippen molar-refractivity contribution in [1.29, 1.82) is 0 Å². The molecule has 1 N–H and O–H groups in total. The molecule has 2 aromatic heterocycles. The van der Waals surface area contributed by atoms with Gasteiger partial charge in [0, 0.05) is 37.4 Å². The zero-order chi connectivity index (χ0) is 17.1. The maximum Gasteiger partial charge on any atom is 0.271 e. The van der Waals surface area contributed by atoms with Gasteiger partial charge in [-0.1, -0.05) is 0 Å². The highest BCUT2D eigenvalue weighted by molar-refractivity contribution is 5.91. The molecule has 7 nitrogen and oxygen atoms in total. The van der Waals surface area contributed by atoms with Crippen molar-refractivity contribution in [2.45, 2.75) is 31.5 Å². The van der Waals surface area contributed by atoms with Crippen LogP contribution in [0.15, 0.2) is 41.4 Å². The molecule has 132 valence electrons. The van der Waals surface area contributed by atoms with E-state index in [-0.39, 0.29) is 12.0 Å². The molecule has 0 bridgehead atoms. The van der Waals surface area contributed by atoms with Gasteiger partial charge in [-0.3, -0.25) is 14.7 Å². The Balaban J connectivity index is 1.34. The molecule has 0 radical (unpaired) electrons. The maximum absolute atomic E-state index is 12.2. The molecule has 1 saturated carbocycles. The number of ether oxygens (including phenoxy) is 1. The zero-order valence-corrected chi connectivity index (χ0v) is 14.0. The first-order valence-electron chi connectivity index (χ1n) is 8.73. The Labute approximate surface area is 146 Å². The molecule has 0 unspecified atom stereocenters. The molecule has 1 aliphatic carbocycles. The largest absolute Gasteiger partial charge is 0.468 e. The lowest BCUT2D eigenvalue weighted by molar-refractivity contribution is -0.0772. The van der Waals surface area contributed by atoms with Crippen LogP contribution in [-0.4, -0.2) is 52.6 Å². The molecule has 0 spiro atoms. The third-order valence-electron chi connectivity index (χ3n) is 5.09. The molecule has 2 aromatic rings. The van der Waals surface area contributed by atoms with Crippen molar-refractivity contribution in [3.05, 3.63) is 48.4 Å². The summed E-state index contributed by atoms with van der Waals surface area (Å²) in [7, 11) is 0. The minimum absolute atomic E-state index is 0.158. The minimum Gasteiger partial charge on any atom is -0.468 e. The second kappa shape index (κ2) is 7.33. The number of carbonyl (C=O) groups is 1. The molecule has 3 atom stereocenters. The Morgan fingerprint density at radius 1 is 1.36 bits per heavy atom. The highest BCUT2D eigenvalue weighted by Crippen LogP contribution is 2.35. The molecule has 1 amide bonds. The third kappa shape index (κ3) is 3.57. The molecule has 1 aliphatic heterocycles. The Kier molecular flexibility index (Phi) is 4.76. The zero-order valence-electron chi connectivity index (χ0n) is 14.0. The summed E-state index contributed by atoms with van der Waals surface area (Å²) in [6, 6.07) is 4.32. The van der Waals surface area contributed by atoms with E-state index in [2.05, 4.69) is 20.2 Å². The van der Waals surface area contributed by atoms with Gasteiger partial charge in [-0.2, -0.15) is 0 Å². The van der Waals surface area contributed by atoms with Crippen LogP contribution in [0.25, 0.3) is 0 Å². The number of hydrogen-bond acceptors (Lipinski definition) is 6. The number of rotatable bonds is 5. The van der Waals surface area contributed by atoms with Gasteiger partial charge < -0.3 is 14.5 Å². The minimum atomic E-state index is -0.181. The van der Waals surface area contributed by atoms with Crippen molar-refractivity contribution in [3.63, 3.8) is 0 Å². The Bertz CT molecular complexity index is 692. The van der Waals surface area contributed by atoms with E-state index in [4.69, 9.17) is 9.15 Å². The molecule has 3 heterocycles. The van der Waals surface area contributed by atoms with Gasteiger partial charge in [0.15, 0.2) is 0 Å². The number of morpholine rings is 1. The first kappa shape index (κ1) is 16.2. The van der Waals surface area contributed by atoms with Crippen LogP contribution in [0.3, 0.4) is 0 Å². The summed E-state index contributed by atoms with van der Waals surface area (Å²) in [5.74, 6) is 1.13. The molecule has 0 aromatic carbocycles. The quantitative estimate of drug-likeness (QED) is 0.886. The number of aromatic nitrogens is 2. The summed E-state index contributed by atoms with van der Waals surface area (Å²) in [4.78, 5) is 22.6. The topological polar surface area (TPSA) is 80.5 Å². The Morgan fingerprint density at radius 3 is 3.12 bits per heavy atom. The van der Waals surface area contributed by atoms with Gasteiger partial charge >= 0.3 is 0 Å². The Hall–Kier alpha value is -2.25. The predicted octanol–water partition coefficient (Wildman–Crippen LogP) is 1.48. The first-order chi connectivity index (χ1) is 12.3. The standard InChI is InChI=1S/C18H22N4O3/c23-18(15-11-19-5-6-20-15)21-10-13-3-4-16-17(13)25-9-7-22(16)12-14-2-1-8-24-14/h1-2,5-6,8,11,13,16-17H,3-4,7,9-10,12H2,(H,21,23)/t13-,16+,17-/m0/s1. The van der Waals surface area contributed by atoms with E-state index in [0.717, 1.165) is 38.3 Å². The molecular weight excluding hydrogens is 320 g/mol. The number of furan rings is 1. The molecule has 4 rings (SSSR count). The van der Waals surface area contributed by atoms with E-state index >= 15 is 0 Å². The number of hydrogen-bond donors (Lipinski definition) is 1. The molecule has 25 heavy (non-hydrogen) atoms. The molecule has 7 heteroatoms. The van der Waals surface area contributed by atoms with Gasteiger partial charge in [0.1, 0.15) is 11.5 Å². The lowest BCUT2D eigenvalue weighted by Gasteiger charge is -2.38. The highest BCUT2D eigenvalue weighted by Gasteiger charge is 2.42. The lowest BCUT2D eigenvalue weighted by atomic mass is 10.0. The van der Waals surface area contributed by atoms with Crippen LogP contribution in [-0.2, 0) is 11.3 Å². The molecular formula is C18H22N4O3. The fourth-order valence-corrected chi connectivity index (χ4v) is 3.88. The van der Waals surface area contributed by atoms with Crippen LogP contribution in [0.5, 0.6) is 0 Å². The molecule has 1 saturated heterocycles. The van der Waals surface area contributed by atoms with Crippen molar-refractivity contribution in [3.8, 4) is 0 Å². The van der Waals surface area contributed by atoms with Crippen molar-refractivity contribution in [1.82, 2.24) is 20.2 Å². The molecule has 2 aliphatic rings. The van der Waals surface area contributed by atoms with Crippen LogP contribution >= 0.6 is 0 Å². The normalized spacial score (nSPS) is 26.3. The van der Waals surface area contributed by atoms with E-state index in [0.29, 0.717) is 24.2 Å². The van der Waals surface area contributed by atoms with E-state index < -0.39 is 0 Å². The summed E-state index contributed by atoms with van der Waals surface area (Å²) >= 11 is 0. The van der Waals surface area contributed by atoms with E-state index in [9.17, 15) is 4.79 Å². The van der Waals surface area contributed by atoms with Crippen LogP contribution in [0, 0.1) is 5.92 Å². The number of nitrogens with zero attached hydrogens (tertiary/aromatic N) is 3. The summed E-state index contributed by atoms with van der Waals surface area (Å²) < 4.78 is 11.5. The van der Waals surface area contributed by atoms with Crippen LogP contribution in [0.2, 0.25) is 0 Å². The van der Waals surface area contributed by atoms with Crippen molar-refractivity contribution in [2.75, 3.05) is 19.7 Å². The monoisotopic (exact) mass is 342 g/mol. The van der Waals surface area contributed by atoms with E-state index in [1.165, 1.54) is 12.4 Å². The molecule has 2 fully saturated rings. The highest BCUT2D eigenvalue weighted by atomic mass is 16.5. The Morgan fingerprint density at radius 2 is 2.32 bits per heavy atom. The average Bonchev–Trinajstić information content (AvgIpc) is 3.31. The van der Waals surface area contributed by atoms with E-state index in [1.54, 1.807) is 12.5 Å². The van der Waals surface area contributed by atoms with Crippen molar-refractivity contribution >= 4 is 5.91 Å². The number of nitrogens with one attached hydrogen (secondary N) is 1. The maximum atomic E-state index is 12.2. The third-order valence-corrected chi connectivity index (χ3v) is 5.09. The lowest BCUT2D eigenvalue weighted by Crippen LogP contribution is -2.50. The summed E-state index contributed by atoms with van der Waals surface area (Å²) in [5.41, 5.74) is 0.348. The van der Waals surface area contributed by atoms with Gasteiger partial charge in [0.25, 0.3) is 5.91 Å². The summed E-state index contributed by atoms with van der Waals surface area (Å²) in [6.45, 7) is 3.05. The number of amides is 1. The van der Waals surface area contributed by atoms with Gasteiger partial charge in [0.05, 0.1) is 31.7 Å². The predicted molar refractivity (Wildman–Crippen MR) is 89.7 cm³/mol. The van der Waals surface area contributed by atoms with Crippen LogP contribution < -0.4 is 5.32 Å². The smallest absolute Gasteiger partial charge is 0.271 e. The number of fused-ring (bicyclic) bond motifs is 1. The van der Waals surface area contributed by atoms with Gasteiger partial charge in [0.2, 0.25) is 0 Å². The van der Waals surface area contributed by atoms with Crippen molar-refractivity contribution in [2.24, 2.45) is 5.92 Å². The SMILES string of the molecule is O=C(NC[C@@H]1CC[C@@H]2[C@H]1OCCN2Cc1ccco1)c1cnccn1. The van der Waals surface area contributed by atoms with Gasteiger partial charge in [-0.15, -0.1) is 0 Å².